The number of rotatable bonds is 14. The van der Waals surface area contributed by atoms with Gasteiger partial charge in [0.2, 0.25) is 11.0 Å². The molecule has 15 heteroatoms. The summed E-state index contributed by atoms with van der Waals surface area (Å²) >= 11 is 1.19. The Labute approximate surface area is 237 Å². The number of anilines is 1. The van der Waals surface area contributed by atoms with Gasteiger partial charge in [-0.3, -0.25) is 14.6 Å². The Morgan fingerprint density at radius 3 is 2.61 bits per heavy atom. The molecule has 1 atom stereocenters. The first-order valence-corrected chi connectivity index (χ1v) is 13.2. The van der Waals surface area contributed by atoms with Crippen LogP contribution in [-0.2, 0) is 22.4 Å². The molecule has 0 aliphatic rings. The molecule has 3 rings (SSSR count). The van der Waals surface area contributed by atoms with Gasteiger partial charge in [-0.1, -0.05) is 53.8 Å². The lowest BCUT2D eigenvalue weighted by atomic mass is 10.1. The molecule has 11 nitrogen and oxygen atoms in total. The highest BCUT2D eigenvalue weighted by Gasteiger charge is 2.31. The highest BCUT2D eigenvalue weighted by Crippen LogP contribution is 2.24. The molecule has 0 radical (unpaired) electrons. The molecule has 2 amide bonds. The summed E-state index contributed by atoms with van der Waals surface area (Å²) in [4.78, 5) is 28.9. The second-order valence-corrected chi connectivity index (χ2v) is 9.61. The third-order valence-electron chi connectivity index (χ3n) is 5.41. The smallest absolute Gasteiger partial charge is 0.406 e. The van der Waals surface area contributed by atoms with Crippen LogP contribution >= 0.6 is 11.3 Å². The van der Waals surface area contributed by atoms with Crippen molar-refractivity contribution in [1.82, 2.24) is 15.5 Å². The van der Waals surface area contributed by atoms with Crippen LogP contribution in [0.3, 0.4) is 0 Å². The molecule has 0 aliphatic heterocycles. The number of nitrogens with one attached hydrogen (secondary N) is 2. The van der Waals surface area contributed by atoms with Gasteiger partial charge in [-0.15, -0.1) is 23.4 Å². The minimum Gasteiger partial charge on any atom is -0.406 e. The van der Waals surface area contributed by atoms with Gasteiger partial charge in [0.1, 0.15) is 10.8 Å². The Hall–Kier alpha value is -4.37. The van der Waals surface area contributed by atoms with Crippen molar-refractivity contribution in [2.75, 3.05) is 18.5 Å². The number of nitrogens with zero attached hydrogens (tertiary/aromatic N) is 4. The first-order chi connectivity index (χ1) is 19.7. The molecule has 41 heavy (non-hydrogen) atoms. The average molecular weight is 592 g/mol. The van der Waals surface area contributed by atoms with E-state index in [0.29, 0.717) is 36.4 Å². The number of hydrazone groups is 1. The first-order valence-electron chi connectivity index (χ1n) is 12.4. The molecule has 5 N–H and O–H groups in total. The molecule has 0 spiro atoms. The number of alkyl halides is 3. The van der Waals surface area contributed by atoms with E-state index in [1.54, 1.807) is 24.3 Å². The lowest BCUT2D eigenvalue weighted by molar-refractivity contribution is -0.274. The maximum Gasteiger partial charge on any atom is 0.573 e. The Bertz CT molecular complexity index is 1350. The predicted octanol–water partition coefficient (Wildman–Crippen LogP) is 3.18. The zero-order chi connectivity index (χ0) is 29.7. The van der Waals surface area contributed by atoms with Crippen LogP contribution in [0.2, 0.25) is 0 Å². The van der Waals surface area contributed by atoms with E-state index in [-0.39, 0.29) is 23.9 Å². The van der Waals surface area contributed by atoms with E-state index in [4.69, 9.17) is 5.84 Å². The van der Waals surface area contributed by atoms with Gasteiger partial charge in [0.05, 0.1) is 25.3 Å². The third kappa shape index (κ3) is 11.0. The number of aliphatic imine (C=N–C) groups is 1. The van der Waals surface area contributed by atoms with E-state index in [0.717, 1.165) is 17.7 Å². The lowest BCUT2D eigenvalue weighted by Gasteiger charge is -2.16. The second-order valence-electron chi connectivity index (χ2n) is 8.55. The number of amides is 2. The van der Waals surface area contributed by atoms with Crippen LogP contribution in [0.25, 0.3) is 0 Å². The van der Waals surface area contributed by atoms with Crippen LogP contribution in [0.5, 0.6) is 5.75 Å². The van der Waals surface area contributed by atoms with Gasteiger partial charge >= 0.3 is 6.36 Å². The summed E-state index contributed by atoms with van der Waals surface area (Å²) in [6, 6.07) is 13.6. The van der Waals surface area contributed by atoms with E-state index in [9.17, 15) is 27.9 Å². The highest BCUT2D eigenvalue weighted by atomic mass is 32.1. The zero-order valence-electron chi connectivity index (χ0n) is 21.7. The van der Waals surface area contributed by atoms with E-state index in [2.05, 4.69) is 35.7 Å². The van der Waals surface area contributed by atoms with Gasteiger partial charge in [-0.25, -0.2) is 0 Å². The Morgan fingerprint density at radius 2 is 1.90 bits per heavy atom. The van der Waals surface area contributed by atoms with Crippen LogP contribution in [0.1, 0.15) is 35.0 Å². The molecule has 0 saturated carbocycles. The molecular weight excluding hydrogens is 563 g/mol. The predicted molar refractivity (Wildman–Crippen MR) is 148 cm³/mol. The average Bonchev–Trinajstić information content (AvgIpc) is 3.37. The fourth-order valence-electron chi connectivity index (χ4n) is 3.54. The van der Waals surface area contributed by atoms with Crippen LogP contribution in [0, 0.1) is 0 Å². The van der Waals surface area contributed by atoms with Gasteiger partial charge in [-0.05, 0) is 36.1 Å². The monoisotopic (exact) mass is 591 g/mol. The molecule has 1 unspecified atom stereocenters. The quantitative estimate of drug-likeness (QED) is 0.0968. The molecule has 3 aromatic rings. The minimum absolute atomic E-state index is 0.0801. The molecule has 0 bridgehead atoms. The van der Waals surface area contributed by atoms with Gasteiger partial charge in [0.15, 0.2) is 5.71 Å². The molecule has 0 aliphatic carbocycles. The number of hydrogen-bond acceptors (Lipinski definition) is 10. The summed E-state index contributed by atoms with van der Waals surface area (Å²) in [6.07, 6.45) is -1.76. The number of aryl methyl sites for hydroxylation is 1. The number of aromatic nitrogens is 2. The summed E-state index contributed by atoms with van der Waals surface area (Å²) in [7, 11) is 0. The maximum absolute atomic E-state index is 12.5. The van der Waals surface area contributed by atoms with Crippen molar-refractivity contribution in [2.24, 2.45) is 15.9 Å². The number of ether oxygens (including phenoxy) is 1. The standard InChI is InChI=1S/C26H28F3N7O4S/c27-26(28,29)40-19-10-6-7-17(13-19)14-22(38)33-25-36-35-23(41-25)11-4-5-12-31-15-20(34-30)24(39)32-21(16-37)18-8-2-1-3-9-18/h1-3,6-10,13,15,21,37H,4-5,11-12,14,16,30H2,(H,32,39)(H,33,36,38). The Kier molecular flexibility index (Phi) is 11.7. The van der Waals surface area contributed by atoms with Crippen molar-refractivity contribution >= 4 is 40.2 Å². The van der Waals surface area contributed by atoms with Crippen LogP contribution in [0.4, 0.5) is 18.3 Å². The molecule has 0 saturated heterocycles. The summed E-state index contributed by atoms with van der Waals surface area (Å²) in [6.45, 7) is 0.102. The zero-order valence-corrected chi connectivity index (χ0v) is 22.5. The Balaban J connectivity index is 1.38. The molecular formula is C26H28F3N7O4S. The van der Waals surface area contributed by atoms with Gasteiger partial charge in [0, 0.05) is 13.0 Å². The number of halogens is 3. The van der Waals surface area contributed by atoms with Crippen LogP contribution in [-0.4, -0.2) is 58.6 Å². The lowest BCUT2D eigenvalue weighted by Crippen LogP contribution is -2.37. The summed E-state index contributed by atoms with van der Waals surface area (Å²) < 4.78 is 41.1. The number of nitrogens with two attached hydrogens (primary N) is 1. The first kappa shape index (κ1) is 31.2. The summed E-state index contributed by atoms with van der Waals surface area (Å²) in [5.74, 6) is 3.91. The Morgan fingerprint density at radius 1 is 1.12 bits per heavy atom. The maximum atomic E-state index is 12.5. The number of carbonyl (C=O) groups is 2. The van der Waals surface area contributed by atoms with Crippen LogP contribution in [0.15, 0.2) is 64.7 Å². The number of aliphatic hydroxyl groups is 1. The normalized spacial score (nSPS) is 12.7. The summed E-state index contributed by atoms with van der Waals surface area (Å²) in [5.41, 5.74) is 1.00. The van der Waals surface area contributed by atoms with E-state index in [1.807, 2.05) is 6.07 Å². The van der Waals surface area contributed by atoms with Crippen molar-refractivity contribution in [3.63, 3.8) is 0 Å². The fraction of sp³-hybridized carbons (Fsp3) is 0.308. The largest absolute Gasteiger partial charge is 0.573 e. The SMILES string of the molecule is NN=C(C=NCCCCc1nnc(NC(=O)Cc2cccc(OC(F)(F)F)c2)s1)C(=O)NC(CO)c1ccccc1. The summed E-state index contributed by atoms with van der Waals surface area (Å²) in [5, 5.41) is 27.3. The number of unbranched alkanes of at least 4 members (excludes halogenated alkanes) is 1. The number of aliphatic hydroxyl groups excluding tert-OH is 1. The van der Waals surface area contributed by atoms with E-state index >= 15 is 0 Å². The van der Waals surface area contributed by atoms with Gasteiger partial charge in [0.25, 0.3) is 5.91 Å². The van der Waals surface area contributed by atoms with Crippen LogP contribution < -0.4 is 21.2 Å². The van der Waals surface area contributed by atoms with Crippen molar-refractivity contribution in [1.29, 1.82) is 0 Å². The molecule has 0 fully saturated rings. The number of hydrogen-bond donors (Lipinski definition) is 4. The van der Waals surface area contributed by atoms with Gasteiger partial charge < -0.3 is 26.3 Å². The molecule has 218 valence electrons. The van der Waals surface area contributed by atoms with E-state index in [1.165, 1.54) is 29.7 Å². The minimum atomic E-state index is -4.82. The third-order valence-corrected chi connectivity index (χ3v) is 6.31. The van der Waals surface area contributed by atoms with Crippen molar-refractivity contribution in [3.8, 4) is 5.75 Å². The molecule has 1 heterocycles. The van der Waals surface area contributed by atoms with Gasteiger partial charge in [-0.2, -0.15) is 5.10 Å². The number of carbonyl (C=O) groups excluding carboxylic acids is 2. The molecule has 2 aromatic carbocycles. The fourth-order valence-corrected chi connectivity index (χ4v) is 4.34. The topological polar surface area (TPSA) is 164 Å². The van der Waals surface area contributed by atoms with Crippen molar-refractivity contribution in [2.45, 2.75) is 38.1 Å². The second kappa shape index (κ2) is 15.4. The number of benzene rings is 2. The van der Waals surface area contributed by atoms with Crippen molar-refractivity contribution < 1.29 is 32.6 Å². The van der Waals surface area contributed by atoms with Crippen molar-refractivity contribution in [3.05, 3.63) is 70.7 Å². The van der Waals surface area contributed by atoms with E-state index < -0.39 is 30.0 Å². The molecule has 1 aromatic heterocycles. The highest BCUT2D eigenvalue weighted by molar-refractivity contribution is 7.15.